The van der Waals surface area contributed by atoms with Gasteiger partial charge in [0.05, 0.1) is 22.3 Å². The molecule has 0 spiro atoms. The molecule has 8 heteroatoms. The maximum absolute atomic E-state index is 13.1. The van der Waals surface area contributed by atoms with Gasteiger partial charge in [-0.15, -0.1) is 0 Å². The maximum Gasteiger partial charge on any atom is 0.416 e. The SMILES string of the molecule is CC(C)(C)Oc1cc(-c2ccc(C(F)(F)F)cc2)nc2cc(C(F)(F)F)ccc12. The quantitative estimate of drug-likeness (QED) is 0.418. The van der Waals surface area contributed by atoms with Crippen LogP contribution in [0.15, 0.2) is 48.5 Å². The summed E-state index contributed by atoms with van der Waals surface area (Å²) in [5.41, 5.74) is -1.76. The first kappa shape index (κ1) is 21.0. The van der Waals surface area contributed by atoms with Gasteiger partial charge in [0.15, 0.2) is 0 Å². The van der Waals surface area contributed by atoms with E-state index in [2.05, 4.69) is 4.98 Å². The number of nitrogens with zero attached hydrogens (tertiary/aromatic N) is 1. The first-order valence-corrected chi connectivity index (χ1v) is 8.63. The first-order valence-electron chi connectivity index (χ1n) is 8.63. The second kappa shape index (κ2) is 6.93. The number of hydrogen-bond acceptors (Lipinski definition) is 2. The molecule has 154 valence electrons. The summed E-state index contributed by atoms with van der Waals surface area (Å²) in [4.78, 5) is 4.24. The van der Waals surface area contributed by atoms with Gasteiger partial charge in [0.25, 0.3) is 0 Å². The average molecular weight is 413 g/mol. The largest absolute Gasteiger partial charge is 0.487 e. The molecule has 0 fully saturated rings. The lowest BCUT2D eigenvalue weighted by Crippen LogP contribution is -2.23. The molecule has 0 aliphatic carbocycles. The van der Waals surface area contributed by atoms with Crippen molar-refractivity contribution < 1.29 is 31.1 Å². The normalized spacial score (nSPS) is 13.0. The minimum absolute atomic E-state index is 0.0384. The van der Waals surface area contributed by atoms with Gasteiger partial charge >= 0.3 is 12.4 Å². The molecule has 0 unspecified atom stereocenters. The van der Waals surface area contributed by atoms with Crippen LogP contribution in [0.1, 0.15) is 31.9 Å². The standard InChI is InChI=1S/C21H17F6NO/c1-19(2,3)29-18-11-16(12-4-6-13(7-5-12)20(22,23)24)28-17-10-14(21(25,26)27)8-9-15(17)18/h4-11H,1-3H3. The van der Waals surface area contributed by atoms with E-state index < -0.39 is 29.1 Å². The van der Waals surface area contributed by atoms with E-state index in [-0.39, 0.29) is 11.2 Å². The molecule has 0 amide bonds. The second-order valence-electron chi connectivity index (χ2n) is 7.52. The van der Waals surface area contributed by atoms with Crippen LogP contribution in [0, 0.1) is 0 Å². The molecule has 0 aliphatic heterocycles. The molecule has 0 radical (unpaired) electrons. The third-order valence-electron chi connectivity index (χ3n) is 4.02. The van der Waals surface area contributed by atoms with Crippen molar-refractivity contribution in [2.45, 2.75) is 38.7 Å². The van der Waals surface area contributed by atoms with Crippen LogP contribution >= 0.6 is 0 Å². The number of hydrogen-bond donors (Lipinski definition) is 0. The molecule has 29 heavy (non-hydrogen) atoms. The summed E-state index contributed by atoms with van der Waals surface area (Å²) >= 11 is 0. The Morgan fingerprint density at radius 3 is 1.79 bits per heavy atom. The highest BCUT2D eigenvalue weighted by Gasteiger charge is 2.32. The Bertz CT molecular complexity index is 1030. The summed E-state index contributed by atoms with van der Waals surface area (Å²) in [6.07, 6.45) is -9.04. The maximum atomic E-state index is 13.1. The summed E-state index contributed by atoms with van der Waals surface area (Å²) in [5, 5.41) is 0.378. The lowest BCUT2D eigenvalue weighted by Gasteiger charge is -2.23. The van der Waals surface area contributed by atoms with Gasteiger partial charge in [-0.05, 0) is 51.1 Å². The van der Waals surface area contributed by atoms with Crippen molar-refractivity contribution >= 4 is 10.9 Å². The van der Waals surface area contributed by atoms with Crippen LogP contribution < -0.4 is 4.74 Å². The van der Waals surface area contributed by atoms with Crippen molar-refractivity contribution in [3.8, 4) is 17.0 Å². The fourth-order valence-corrected chi connectivity index (χ4v) is 2.76. The fourth-order valence-electron chi connectivity index (χ4n) is 2.76. The molecule has 0 bridgehead atoms. The molecule has 2 aromatic carbocycles. The average Bonchev–Trinajstić information content (AvgIpc) is 2.58. The van der Waals surface area contributed by atoms with Crippen LogP contribution in [0.2, 0.25) is 0 Å². The summed E-state index contributed by atoms with van der Waals surface area (Å²) in [6, 6.07) is 8.90. The Balaban J connectivity index is 2.18. The predicted molar refractivity (Wildman–Crippen MR) is 97.6 cm³/mol. The Morgan fingerprint density at radius 2 is 1.28 bits per heavy atom. The Hall–Kier alpha value is -2.77. The molecule has 0 N–H and O–H groups in total. The third kappa shape index (κ3) is 4.81. The number of rotatable bonds is 2. The van der Waals surface area contributed by atoms with Crippen LogP contribution in [0.4, 0.5) is 26.3 Å². The van der Waals surface area contributed by atoms with E-state index in [1.807, 2.05) is 0 Å². The lowest BCUT2D eigenvalue weighted by atomic mass is 10.0. The molecule has 3 rings (SSSR count). The Kier molecular flexibility index (Phi) is 5.01. The topological polar surface area (TPSA) is 22.1 Å². The zero-order valence-electron chi connectivity index (χ0n) is 15.7. The highest BCUT2D eigenvalue weighted by Crippen LogP contribution is 2.37. The smallest absolute Gasteiger partial charge is 0.416 e. The van der Waals surface area contributed by atoms with Crippen LogP contribution in [0.25, 0.3) is 22.2 Å². The number of ether oxygens (including phenoxy) is 1. The molecular weight excluding hydrogens is 396 g/mol. The van der Waals surface area contributed by atoms with Gasteiger partial charge < -0.3 is 4.74 Å². The summed E-state index contributed by atoms with van der Waals surface area (Å²) in [7, 11) is 0. The van der Waals surface area contributed by atoms with Crippen LogP contribution in [0.5, 0.6) is 5.75 Å². The van der Waals surface area contributed by atoms with E-state index in [0.29, 0.717) is 16.7 Å². The van der Waals surface area contributed by atoms with Crippen molar-refractivity contribution in [1.82, 2.24) is 4.98 Å². The monoisotopic (exact) mass is 413 g/mol. The molecule has 1 aromatic heterocycles. The van der Waals surface area contributed by atoms with Crippen molar-refractivity contribution in [3.63, 3.8) is 0 Å². The van der Waals surface area contributed by atoms with E-state index in [9.17, 15) is 26.3 Å². The molecule has 3 aromatic rings. The van der Waals surface area contributed by atoms with Gasteiger partial charge in [0.1, 0.15) is 11.4 Å². The highest BCUT2D eigenvalue weighted by molar-refractivity contribution is 5.88. The minimum atomic E-state index is -4.55. The fraction of sp³-hybridized carbons (Fsp3) is 0.286. The summed E-state index contributed by atoms with van der Waals surface area (Å²) in [5.74, 6) is 0.297. The van der Waals surface area contributed by atoms with Crippen molar-refractivity contribution in [2.75, 3.05) is 0 Å². The summed E-state index contributed by atoms with van der Waals surface area (Å²) < 4.78 is 83.6. The molecule has 1 heterocycles. The minimum Gasteiger partial charge on any atom is -0.487 e. The van der Waals surface area contributed by atoms with Crippen molar-refractivity contribution in [1.29, 1.82) is 0 Å². The molecule has 0 atom stereocenters. The van der Waals surface area contributed by atoms with Crippen LogP contribution in [0.3, 0.4) is 0 Å². The van der Waals surface area contributed by atoms with Gasteiger partial charge in [0, 0.05) is 17.0 Å². The molecule has 2 nitrogen and oxygen atoms in total. The Morgan fingerprint density at radius 1 is 0.724 bits per heavy atom. The van der Waals surface area contributed by atoms with Gasteiger partial charge in [-0.1, -0.05) is 12.1 Å². The predicted octanol–water partition coefficient (Wildman–Crippen LogP) is 7.12. The number of aromatic nitrogens is 1. The molecule has 0 saturated carbocycles. The lowest BCUT2D eigenvalue weighted by molar-refractivity contribution is -0.138. The van der Waals surface area contributed by atoms with Crippen molar-refractivity contribution in [3.05, 3.63) is 59.7 Å². The van der Waals surface area contributed by atoms with Gasteiger partial charge in [0.2, 0.25) is 0 Å². The number of fused-ring (bicyclic) bond motifs is 1. The van der Waals surface area contributed by atoms with E-state index >= 15 is 0 Å². The second-order valence-corrected chi connectivity index (χ2v) is 7.52. The first-order chi connectivity index (χ1) is 13.2. The molecule has 0 saturated heterocycles. The third-order valence-corrected chi connectivity index (χ3v) is 4.02. The van der Waals surface area contributed by atoms with Crippen molar-refractivity contribution in [2.24, 2.45) is 0 Å². The zero-order chi connectivity index (χ0) is 21.6. The van der Waals surface area contributed by atoms with E-state index in [0.717, 1.165) is 24.3 Å². The number of alkyl halides is 6. The molecule has 0 aliphatic rings. The van der Waals surface area contributed by atoms with Gasteiger partial charge in [-0.2, -0.15) is 26.3 Å². The van der Waals surface area contributed by atoms with E-state index in [4.69, 9.17) is 4.74 Å². The Labute approximate surface area is 163 Å². The van der Waals surface area contributed by atoms with E-state index in [1.54, 1.807) is 20.8 Å². The molecular formula is C21H17F6NO. The van der Waals surface area contributed by atoms with Gasteiger partial charge in [-0.25, -0.2) is 4.98 Å². The number of pyridine rings is 1. The number of benzene rings is 2. The van der Waals surface area contributed by atoms with Gasteiger partial charge in [-0.3, -0.25) is 0 Å². The van der Waals surface area contributed by atoms with Crippen LogP contribution in [-0.4, -0.2) is 10.6 Å². The number of halogens is 6. The van der Waals surface area contributed by atoms with Crippen LogP contribution in [-0.2, 0) is 12.4 Å². The highest BCUT2D eigenvalue weighted by atomic mass is 19.4. The zero-order valence-corrected chi connectivity index (χ0v) is 15.7. The summed E-state index contributed by atoms with van der Waals surface area (Å²) in [6.45, 7) is 5.34. The van der Waals surface area contributed by atoms with E-state index in [1.165, 1.54) is 24.3 Å².